The maximum atomic E-state index is 13.7. The number of rotatable bonds is 9. The van der Waals surface area contributed by atoms with E-state index in [1.54, 1.807) is 6.20 Å². The highest BCUT2D eigenvalue weighted by atomic mass is 35.5. The largest absolute Gasteiger partial charge is 0.444 e. The van der Waals surface area contributed by atoms with Crippen molar-refractivity contribution in [3.8, 4) is 0 Å². The fourth-order valence-electron chi connectivity index (χ4n) is 9.33. The lowest BCUT2D eigenvalue weighted by Gasteiger charge is -2.58. The van der Waals surface area contributed by atoms with Crippen molar-refractivity contribution < 1.29 is 14.6 Å². The predicted octanol–water partition coefficient (Wildman–Crippen LogP) is 10.3. The molecule has 2 bridgehead atoms. The van der Waals surface area contributed by atoms with Crippen molar-refractivity contribution in [2.75, 3.05) is 0 Å². The smallest absolute Gasteiger partial charge is 0.411 e. The summed E-state index contributed by atoms with van der Waals surface area (Å²) in [5.74, 6) is 0. The van der Waals surface area contributed by atoms with E-state index in [0.717, 1.165) is 60.7 Å². The summed E-state index contributed by atoms with van der Waals surface area (Å²) < 4.78 is 8.47. The van der Waals surface area contributed by atoms with Crippen LogP contribution in [0.3, 0.4) is 0 Å². The number of carbonyl (C=O) groups is 1. The van der Waals surface area contributed by atoms with Gasteiger partial charge in [-0.1, -0.05) is 83.5 Å². The van der Waals surface area contributed by atoms with E-state index in [-0.39, 0.29) is 17.0 Å². The van der Waals surface area contributed by atoms with Gasteiger partial charge in [0.05, 0.1) is 11.1 Å². The monoisotopic (exact) mass is 651 g/mol. The Morgan fingerprint density at radius 2 is 1.53 bits per heavy atom. The Morgan fingerprint density at radius 3 is 2.04 bits per heavy atom. The van der Waals surface area contributed by atoms with Crippen LogP contribution in [0.15, 0.2) is 48.8 Å². The topological polar surface area (TPSA) is 67.6 Å². The molecule has 0 aliphatic heterocycles. The Balaban J connectivity index is 1.48. The summed E-state index contributed by atoms with van der Waals surface area (Å²) in [6.07, 6.45) is 7.98. The number of hydrogen-bond donors (Lipinski definition) is 1. The Bertz CT molecular complexity index is 1460. The van der Waals surface area contributed by atoms with Crippen molar-refractivity contribution in [1.29, 1.82) is 0 Å². The number of ether oxygens (including phenoxy) is 1. The van der Waals surface area contributed by atoms with Crippen LogP contribution in [0, 0.1) is 5.41 Å². The molecule has 0 spiro atoms. The van der Waals surface area contributed by atoms with E-state index in [1.165, 1.54) is 0 Å². The number of benzene rings is 1. The van der Waals surface area contributed by atoms with E-state index in [2.05, 4.69) is 70.2 Å². The van der Waals surface area contributed by atoms with Gasteiger partial charge in [-0.05, 0) is 93.7 Å². The van der Waals surface area contributed by atoms with E-state index in [4.69, 9.17) is 21.3 Å². The standard InChI is InChI=1S/C37H54ClN3O3Si/c1-25(2)45(26(3)4,27(5)6)41-22-15-29-31(30(38)23-39-33(29)41)32(42)36-16-19-37(20-17-36,21-18-36)40(34(43)44-35(7,8)9)24-28-13-11-10-12-14-28/h10-15,22-23,25-27,32,42H,16-21,24H2,1-9H3. The minimum absolute atomic E-state index is 0.255. The Kier molecular flexibility index (Phi) is 9.33. The fraction of sp³-hybridized carbons (Fsp3) is 0.622. The third-order valence-corrected chi connectivity index (χ3v) is 18.4. The first-order chi connectivity index (χ1) is 21.1. The second-order valence-corrected chi connectivity index (χ2v) is 22.0. The average Bonchev–Trinajstić information content (AvgIpc) is 3.39. The first-order valence-corrected chi connectivity index (χ1v) is 19.5. The van der Waals surface area contributed by atoms with Crippen molar-refractivity contribution in [3.63, 3.8) is 0 Å². The summed E-state index contributed by atoms with van der Waals surface area (Å²) in [6, 6.07) is 12.3. The van der Waals surface area contributed by atoms with E-state index in [9.17, 15) is 9.90 Å². The summed E-state index contributed by atoms with van der Waals surface area (Å²) in [7, 11) is -2.05. The predicted molar refractivity (Wildman–Crippen MR) is 187 cm³/mol. The molecule has 1 aromatic carbocycles. The molecule has 6 rings (SSSR count). The Morgan fingerprint density at radius 1 is 0.978 bits per heavy atom. The third-order valence-electron chi connectivity index (χ3n) is 11.4. The lowest BCUT2D eigenvalue weighted by Crippen LogP contribution is -2.59. The van der Waals surface area contributed by atoms with Gasteiger partial charge in [0.2, 0.25) is 0 Å². The first kappa shape index (κ1) is 34.0. The molecular weight excluding hydrogens is 598 g/mol. The van der Waals surface area contributed by atoms with Crippen LogP contribution >= 0.6 is 11.6 Å². The highest BCUT2D eigenvalue weighted by molar-refractivity contribution is 6.82. The van der Waals surface area contributed by atoms with Crippen molar-refractivity contribution in [2.45, 2.75) is 141 Å². The number of fused-ring (bicyclic) bond motifs is 4. The van der Waals surface area contributed by atoms with Crippen LogP contribution in [-0.4, -0.2) is 44.7 Å². The van der Waals surface area contributed by atoms with Crippen LogP contribution in [0.4, 0.5) is 4.79 Å². The van der Waals surface area contributed by atoms with E-state index < -0.39 is 19.9 Å². The van der Waals surface area contributed by atoms with Crippen LogP contribution in [0.2, 0.25) is 21.6 Å². The zero-order valence-electron chi connectivity index (χ0n) is 28.9. The number of hydrogen-bond acceptors (Lipinski definition) is 4. The number of aromatic nitrogens is 2. The van der Waals surface area contributed by atoms with Gasteiger partial charge in [-0.2, -0.15) is 0 Å². The summed E-state index contributed by atoms with van der Waals surface area (Å²) in [5, 5.41) is 13.9. The maximum Gasteiger partial charge on any atom is 0.411 e. The lowest BCUT2D eigenvalue weighted by atomic mass is 9.54. The highest BCUT2D eigenvalue weighted by Gasteiger charge is 2.56. The van der Waals surface area contributed by atoms with Crippen LogP contribution in [0.5, 0.6) is 0 Å². The number of carbonyl (C=O) groups excluding carboxylic acids is 1. The van der Waals surface area contributed by atoms with Crippen molar-refractivity contribution in [3.05, 3.63) is 64.9 Å². The molecule has 45 heavy (non-hydrogen) atoms. The minimum atomic E-state index is -2.05. The number of amides is 1. The molecule has 1 amide bonds. The third kappa shape index (κ3) is 5.87. The zero-order valence-corrected chi connectivity index (χ0v) is 30.6. The second kappa shape index (κ2) is 12.3. The quantitative estimate of drug-likeness (QED) is 0.234. The van der Waals surface area contributed by atoms with Crippen molar-refractivity contribution in [1.82, 2.24) is 14.1 Å². The van der Waals surface area contributed by atoms with Gasteiger partial charge < -0.3 is 14.1 Å². The molecule has 3 aliphatic carbocycles. The molecule has 6 nitrogen and oxygen atoms in total. The molecule has 0 saturated heterocycles. The normalized spacial score (nSPS) is 22.9. The molecule has 8 heteroatoms. The van der Waals surface area contributed by atoms with Gasteiger partial charge in [0.1, 0.15) is 11.2 Å². The van der Waals surface area contributed by atoms with Gasteiger partial charge in [0.15, 0.2) is 8.24 Å². The van der Waals surface area contributed by atoms with Crippen LogP contribution in [-0.2, 0) is 11.3 Å². The van der Waals surface area contributed by atoms with Gasteiger partial charge in [-0.25, -0.2) is 9.78 Å². The van der Waals surface area contributed by atoms with E-state index in [0.29, 0.717) is 28.2 Å². The second-order valence-electron chi connectivity index (χ2n) is 15.8. The number of nitrogens with zero attached hydrogens (tertiary/aromatic N) is 3. The summed E-state index contributed by atoms with van der Waals surface area (Å²) in [4.78, 5) is 20.6. The van der Waals surface area contributed by atoms with Gasteiger partial charge in [0.25, 0.3) is 0 Å². The van der Waals surface area contributed by atoms with Crippen LogP contribution in [0.1, 0.15) is 118 Å². The molecule has 1 unspecified atom stereocenters. The molecule has 246 valence electrons. The van der Waals surface area contributed by atoms with Gasteiger partial charge >= 0.3 is 6.09 Å². The number of aliphatic hydroxyl groups is 1. The van der Waals surface area contributed by atoms with Crippen LogP contribution in [0.25, 0.3) is 11.0 Å². The maximum absolute atomic E-state index is 13.7. The SMILES string of the molecule is CC(C)[Si](C(C)C)(C(C)C)n1ccc2c(C(O)C34CCC(N(Cc5ccccc5)C(=O)OC(C)(C)C)(CC3)CC4)c(Cl)cnc21. The van der Waals surface area contributed by atoms with Crippen molar-refractivity contribution >= 4 is 37.0 Å². The fourth-order valence-corrected chi connectivity index (χ4v) is 16.1. The number of halogens is 1. The summed E-state index contributed by atoms with van der Waals surface area (Å²) in [6.45, 7) is 20.4. The van der Waals surface area contributed by atoms with E-state index in [1.807, 2.05) is 43.9 Å². The van der Waals surface area contributed by atoms with Crippen molar-refractivity contribution in [2.24, 2.45) is 5.41 Å². The molecule has 3 aliphatic rings. The molecule has 3 fully saturated rings. The highest BCUT2D eigenvalue weighted by Crippen LogP contribution is 2.61. The number of aliphatic hydroxyl groups excluding tert-OH is 1. The molecule has 1 N–H and O–H groups in total. The molecule has 3 aromatic rings. The van der Waals surface area contributed by atoms with Gasteiger partial charge in [0, 0.05) is 34.6 Å². The molecule has 1 atom stereocenters. The van der Waals surface area contributed by atoms with Crippen LogP contribution < -0.4 is 0 Å². The lowest BCUT2D eigenvalue weighted by molar-refractivity contribution is -0.110. The average molecular weight is 652 g/mol. The Hall–Kier alpha value is -2.35. The van der Waals surface area contributed by atoms with Gasteiger partial charge in [-0.15, -0.1) is 0 Å². The Labute approximate surface area is 276 Å². The molecule has 3 saturated carbocycles. The molecule has 2 heterocycles. The number of pyridine rings is 1. The zero-order chi connectivity index (χ0) is 32.9. The summed E-state index contributed by atoms with van der Waals surface area (Å²) in [5.41, 5.74) is 3.26. The molecule has 0 radical (unpaired) electrons. The first-order valence-electron chi connectivity index (χ1n) is 17.0. The minimum Gasteiger partial charge on any atom is -0.444 e. The molecular formula is C37H54ClN3O3Si. The summed E-state index contributed by atoms with van der Waals surface area (Å²) >= 11 is 6.94. The van der Waals surface area contributed by atoms with Gasteiger partial charge in [-0.3, -0.25) is 4.90 Å². The van der Waals surface area contributed by atoms with E-state index >= 15 is 0 Å². The molecule has 2 aromatic heterocycles.